The number of ether oxygens (including phenoxy) is 1. The Hall–Kier alpha value is -2.22. The van der Waals surface area contributed by atoms with Gasteiger partial charge in [0.1, 0.15) is 11.8 Å². The van der Waals surface area contributed by atoms with Crippen molar-refractivity contribution in [2.75, 3.05) is 27.0 Å². The smallest absolute Gasteiger partial charge is 0.313 e. The molecule has 1 N–H and O–H groups in total. The van der Waals surface area contributed by atoms with Crippen molar-refractivity contribution in [3.8, 4) is 5.75 Å². The number of nitrogens with one attached hydrogen (secondary N) is 1. The SMILES string of the molecule is COc1cc(CN(C)C(=O)C(=O)N2C3CCC2C(=O)NC3)ccc1SC. The summed E-state index contributed by atoms with van der Waals surface area (Å²) in [7, 11) is 3.20. The maximum atomic E-state index is 12.7. The lowest BCUT2D eigenvalue weighted by Crippen LogP contribution is -2.60. The number of hydrogen-bond acceptors (Lipinski definition) is 5. The quantitative estimate of drug-likeness (QED) is 0.622. The second kappa shape index (κ2) is 7.57. The van der Waals surface area contributed by atoms with Crippen LogP contribution in [0.1, 0.15) is 18.4 Å². The summed E-state index contributed by atoms with van der Waals surface area (Å²) in [5.74, 6) is -0.611. The van der Waals surface area contributed by atoms with Gasteiger partial charge in [0.2, 0.25) is 5.91 Å². The van der Waals surface area contributed by atoms with E-state index >= 15 is 0 Å². The number of carbonyl (C=O) groups excluding carboxylic acids is 3. The van der Waals surface area contributed by atoms with Crippen LogP contribution in [0.5, 0.6) is 5.75 Å². The van der Waals surface area contributed by atoms with Crippen LogP contribution in [0.2, 0.25) is 0 Å². The summed E-state index contributed by atoms with van der Waals surface area (Å²) < 4.78 is 5.37. The average Bonchev–Trinajstić information content (AvgIpc) is 2.99. The van der Waals surface area contributed by atoms with Crippen LogP contribution in [-0.4, -0.2) is 66.6 Å². The molecule has 2 aliphatic heterocycles. The van der Waals surface area contributed by atoms with Gasteiger partial charge in [0, 0.05) is 25.0 Å². The number of carbonyl (C=O) groups is 3. The van der Waals surface area contributed by atoms with Gasteiger partial charge >= 0.3 is 11.8 Å². The van der Waals surface area contributed by atoms with Crippen LogP contribution in [0, 0.1) is 0 Å². The van der Waals surface area contributed by atoms with E-state index in [4.69, 9.17) is 4.74 Å². The summed E-state index contributed by atoms with van der Waals surface area (Å²) >= 11 is 1.58. The third-order valence-corrected chi connectivity index (χ3v) is 5.73. The molecule has 2 atom stereocenters. The molecule has 140 valence electrons. The number of hydrogen-bond donors (Lipinski definition) is 1. The molecular formula is C18H23N3O4S. The fourth-order valence-corrected chi connectivity index (χ4v) is 4.13. The first kappa shape index (κ1) is 18.6. The predicted molar refractivity (Wildman–Crippen MR) is 97.9 cm³/mol. The number of benzene rings is 1. The van der Waals surface area contributed by atoms with Gasteiger partial charge in [-0.3, -0.25) is 14.4 Å². The minimum absolute atomic E-state index is 0.0801. The van der Waals surface area contributed by atoms with E-state index in [1.54, 1.807) is 25.9 Å². The molecule has 0 aromatic heterocycles. The molecule has 0 saturated carbocycles. The highest BCUT2D eigenvalue weighted by Crippen LogP contribution is 2.29. The first-order valence-electron chi connectivity index (χ1n) is 8.52. The Kier molecular flexibility index (Phi) is 5.41. The Labute approximate surface area is 157 Å². The maximum Gasteiger partial charge on any atom is 0.313 e. The largest absolute Gasteiger partial charge is 0.496 e. The van der Waals surface area contributed by atoms with Gasteiger partial charge < -0.3 is 19.9 Å². The van der Waals surface area contributed by atoms with Crippen LogP contribution in [0.4, 0.5) is 0 Å². The Bertz CT molecular complexity index is 739. The van der Waals surface area contributed by atoms with Crippen LogP contribution in [0.25, 0.3) is 0 Å². The standard InChI is InChI=1S/C18H23N3O4S/c1-20(10-11-4-7-15(26-3)14(8-11)25-2)17(23)18(24)21-12-5-6-13(21)16(22)19-9-12/h4,7-8,12-13H,5-6,9-10H2,1-3H3,(H,19,22). The number of piperazine rings is 1. The zero-order valence-corrected chi connectivity index (χ0v) is 16.0. The molecule has 2 fully saturated rings. The summed E-state index contributed by atoms with van der Waals surface area (Å²) in [5, 5.41) is 2.79. The molecule has 2 saturated heterocycles. The van der Waals surface area contributed by atoms with Crippen LogP contribution in [0.15, 0.2) is 23.1 Å². The van der Waals surface area contributed by atoms with Gasteiger partial charge in [0.05, 0.1) is 13.2 Å². The topological polar surface area (TPSA) is 79.0 Å². The molecule has 8 heteroatoms. The van der Waals surface area contributed by atoms with Crippen molar-refractivity contribution in [2.24, 2.45) is 0 Å². The number of likely N-dealkylation sites (N-methyl/N-ethyl adjacent to an activating group) is 1. The van der Waals surface area contributed by atoms with Crippen LogP contribution in [-0.2, 0) is 20.9 Å². The van der Waals surface area contributed by atoms with Crippen LogP contribution >= 0.6 is 11.8 Å². The number of methoxy groups -OCH3 is 1. The average molecular weight is 377 g/mol. The molecular weight excluding hydrogens is 354 g/mol. The van der Waals surface area contributed by atoms with E-state index in [-0.39, 0.29) is 11.9 Å². The number of fused-ring (bicyclic) bond motifs is 2. The van der Waals surface area contributed by atoms with Gasteiger partial charge in [-0.2, -0.15) is 0 Å². The van der Waals surface area contributed by atoms with Crippen molar-refractivity contribution >= 4 is 29.5 Å². The zero-order valence-electron chi connectivity index (χ0n) is 15.2. The molecule has 3 amide bonds. The van der Waals surface area contributed by atoms with E-state index in [9.17, 15) is 14.4 Å². The zero-order chi connectivity index (χ0) is 18.8. The fourth-order valence-electron chi connectivity index (χ4n) is 3.58. The Morgan fingerprint density at radius 1 is 1.38 bits per heavy atom. The monoisotopic (exact) mass is 377 g/mol. The molecule has 2 unspecified atom stereocenters. The van der Waals surface area contributed by atoms with Crippen molar-refractivity contribution in [3.05, 3.63) is 23.8 Å². The summed E-state index contributed by atoms with van der Waals surface area (Å²) in [4.78, 5) is 41.1. The van der Waals surface area contributed by atoms with Gasteiger partial charge in [-0.25, -0.2) is 0 Å². The van der Waals surface area contributed by atoms with Crippen molar-refractivity contribution in [1.82, 2.24) is 15.1 Å². The van der Waals surface area contributed by atoms with Gasteiger partial charge in [0.25, 0.3) is 0 Å². The van der Waals surface area contributed by atoms with Crippen molar-refractivity contribution in [2.45, 2.75) is 36.4 Å². The summed E-state index contributed by atoms with van der Waals surface area (Å²) in [6.07, 6.45) is 3.33. The first-order valence-corrected chi connectivity index (χ1v) is 9.75. The number of nitrogens with zero attached hydrogens (tertiary/aromatic N) is 2. The van der Waals surface area contributed by atoms with Gasteiger partial charge in [-0.1, -0.05) is 6.07 Å². The molecule has 3 rings (SSSR count). The second-order valence-corrected chi connectivity index (χ2v) is 7.40. The lowest BCUT2D eigenvalue weighted by atomic mass is 10.2. The third-order valence-electron chi connectivity index (χ3n) is 4.95. The number of amides is 3. The molecule has 7 nitrogen and oxygen atoms in total. The van der Waals surface area contributed by atoms with E-state index in [1.165, 1.54) is 9.80 Å². The van der Waals surface area contributed by atoms with E-state index in [0.29, 0.717) is 19.5 Å². The highest BCUT2D eigenvalue weighted by Gasteiger charge is 2.46. The van der Waals surface area contributed by atoms with Crippen LogP contribution in [0.3, 0.4) is 0 Å². The molecule has 0 radical (unpaired) electrons. The van der Waals surface area contributed by atoms with Crippen LogP contribution < -0.4 is 10.1 Å². The van der Waals surface area contributed by atoms with E-state index in [2.05, 4.69) is 5.32 Å². The minimum Gasteiger partial charge on any atom is -0.496 e. The van der Waals surface area contributed by atoms with Crippen molar-refractivity contribution in [1.29, 1.82) is 0 Å². The maximum absolute atomic E-state index is 12.7. The highest BCUT2D eigenvalue weighted by atomic mass is 32.2. The molecule has 2 bridgehead atoms. The predicted octanol–water partition coefficient (Wildman–Crippen LogP) is 0.865. The lowest BCUT2D eigenvalue weighted by molar-refractivity contribution is -0.156. The molecule has 0 aliphatic carbocycles. The lowest BCUT2D eigenvalue weighted by Gasteiger charge is -2.34. The second-order valence-electron chi connectivity index (χ2n) is 6.56. The van der Waals surface area contributed by atoms with E-state index in [1.807, 2.05) is 24.5 Å². The molecule has 2 aliphatic rings. The van der Waals surface area contributed by atoms with Gasteiger partial charge in [-0.05, 0) is 36.8 Å². The molecule has 2 heterocycles. The fraction of sp³-hybridized carbons (Fsp3) is 0.500. The highest BCUT2D eigenvalue weighted by molar-refractivity contribution is 7.98. The molecule has 26 heavy (non-hydrogen) atoms. The minimum atomic E-state index is -0.595. The Morgan fingerprint density at radius 3 is 2.85 bits per heavy atom. The van der Waals surface area contributed by atoms with Crippen molar-refractivity contribution in [3.63, 3.8) is 0 Å². The summed E-state index contributed by atoms with van der Waals surface area (Å²) in [6, 6.07) is 5.13. The number of rotatable bonds is 4. The summed E-state index contributed by atoms with van der Waals surface area (Å²) in [6.45, 7) is 0.719. The first-order chi connectivity index (χ1) is 12.5. The van der Waals surface area contributed by atoms with Crippen molar-refractivity contribution < 1.29 is 19.1 Å². The normalized spacial score (nSPS) is 21.3. The van der Waals surface area contributed by atoms with Gasteiger partial charge in [0.15, 0.2) is 0 Å². The van der Waals surface area contributed by atoms with E-state index in [0.717, 1.165) is 22.6 Å². The third kappa shape index (κ3) is 3.38. The molecule has 1 aromatic rings. The van der Waals surface area contributed by atoms with Gasteiger partial charge in [-0.15, -0.1) is 11.8 Å². The van der Waals surface area contributed by atoms with E-state index < -0.39 is 17.9 Å². The molecule has 1 aromatic carbocycles. The summed E-state index contributed by atoms with van der Waals surface area (Å²) in [5.41, 5.74) is 0.877. The molecule has 0 spiro atoms. The Balaban J connectivity index is 1.70. The Morgan fingerprint density at radius 2 is 2.15 bits per heavy atom. The number of thioether (sulfide) groups is 1.